The second-order valence-electron chi connectivity index (χ2n) is 5.19. The molecule has 1 amide bonds. The van der Waals surface area contributed by atoms with Crippen molar-refractivity contribution in [2.24, 2.45) is 0 Å². The number of hydrogen-bond acceptors (Lipinski definition) is 3. The third-order valence-electron chi connectivity index (χ3n) is 3.69. The summed E-state index contributed by atoms with van der Waals surface area (Å²) in [4.78, 5) is 26.4. The minimum Gasteiger partial charge on any atom is -0.481 e. The van der Waals surface area contributed by atoms with E-state index in [9.17, 15) is 9.59 Å². The summed E-state index contributed by atoms with van der Waals surface area (Å²) in [5.74, 6) is -0.855. The molecule has 22 heavy (non-hydrogen) atoms. The number of nitrogens with zero attached hydrogens (tertiary/aromatic N) is 2. The van der Waals surface area contributed by atoms with E-state index in [0.29, 0.717) is 42.6 Å². The first kappa shape index (κ1) is 16.9. The highest BCUT2D eigenvalue weighted by atomic mass is 35.5. The SMILES string of the molecule is O=C(O)CCCC(=O)N1CCN(c2cccc(Cl)c2Cl)CC1. The Balaban J connectivity index is 1.86. The number of anilines is 1. The minimum atomic E-state index is -0.867. The molecular weight excluding hydrogens is 327 g/mol. The highest BCUT2D eigenvalue weighted by Gasteiger charge is 2.22. The van der Waals surface area contributed by atoms with Crippen LogP contribution >= 0.6 is 23.2 Å². The van der Waals surface area contributed by atoms with Crippen LogP contribution in [-0.4, -0.2) is 48.1 Å². The Labute approximate surface area is 139 Å². The first-order chi connectivity index (χ1) is 10.5. The molecule has 1 fully saturated rings. The molecule has 5 nitrogen and oxygen atoms in total. The van der Waals surface area contributed by atoms with E-state index >= 15 is 0 Å². The van der Waals surface area contributed by atoms with Gasteiger partial charge in [0.25, 0.3) is 0 Å². The molecule has 1 N–H and O–H groups in total. The largest absolute Gasteiger partial charge is 0.481 e. The van der Waals surface area contributed by atoms with Crippen LogP contribution < -0.4 is 4.90 Å². The zero-order chi connectivity index (χ0) is 16.1. The Morgan fingerprint density at radius 3 is 2.41 bits per heavy atom. The maximum Gasteiger partial charge on any atom is 0.303 e. The minimum absolute atomic E-state index is 0.0121. The fraction of sp³-hybridized carbons (Fsp3) is 0.467. The summed E-state index contributed by atoms with van der Waals surface area (Å²) in [7, 11) is 0. The quantitative estimate of drug-likeness (QED) is 0.891. The van der Waals surface area contributed by atoms with E-state index in [2.05, 4.69) is 4.90 Å². The number of rotatable bonds is 5. The summed E-state index contributed by atoms with van der Waals surface area (Å²) in [6, 6.07) is 5.52. The summed E-state index contributed by atoms with van der Waals surface area (Å²) in [5, 5.41) is 9.64. The lowest BCUT2D eigenvalue weighted by Crippen LogP contribution is -2.48. The molecule has 1 saturated heterocycles. The highest BCUT2D eigenvalue weighted by molar-refractivity contribution is 6.43. The number of carboxylic acid groups (broad SMARTS) is 1. The number of piperazine rings is 1. The Hall–Kier alpha value is -1.46. The van der Waals surface area contributed by atoms with Gasteiger partial charge in [-0.3, -0.25) is 9.59 Å². The number of hydrogen-bond donors (Lipinski definition) is 1. The highest BCUT2D eigenvalue weighted by Crippen LogP contribution is 2.32. The summed E-state index contributed by atoms with van der Waals surface area (Å²) < 4.78 is 0. The van der Waals surface area contributed by atoms with Crippen LogP contribution in [0.3, 0.4) is 0 Å². The third-order valence-corrected chi connectivity index (χ3v) is 4.49. The van der Waals surface area contributed by atoms with Gasteiger partial charge in [0, 0.05) is 39.0 Å². The zero-order valence-corrected chi connectivity index (χ0v) is 13.6. The smallest absolute Gasteiger partial charge is 0.303 e. The fourth-order valence-corrected chi connectivity index (χ4v) is 2.90. The van der Waals surface area contributed by atoms with Gasteiger partial charge in [-0.1, -0.05) is 29.3 Å². The average molecular weight is 345 g/mol. The van der Waals surface area contributed by atoms with Gasteiger partial charge in [0.15, 0.2) is 0 Å². The first-order valence-electron chi connectivity index (χ1n) is 7.17. The van der Waals surface area contributed by atoms with Crippen molar-refractivity contribution in [3.05, 3.63) is 28.2 Å². The van der Waals surface area contributed by atoms with Crippen molar-refractivity contribution in [2.45, 2.75) is 19.3 Å². The van der Waals surface area contributed by atoms with Gasteiger partial charge >= 0.3 is 5.97 Å². The number of aliphatic carboxylic acids is 1. The van der Waals surface area contributed by atoms with Crippen molar-refractivity contribution < 1.29 is 14.7 Å². The molecule has 0 saturated carbocycles. The molecule has 2 rings (SSSR count). The molecule has 1 aromatic carbocycles. The standard InChI is InChI=1S/C15H18Cl2N2O3/c16-11-3-1-4-12(15(11)17)18-7-9-19(10-8-18)13(20)5-2-6-14(21)22/h1,3-4H,2,5-10H2,(H,21,22). The van der Waals surface area contributed by atoms with Gasteiger partial charge < -0.3 is 14.9 Å². The third kappa shape index (κ3) is 4.27. The van der Waals surface area contributed by atoms with E-state index in [4.69, 9.17) is 28.3 Å². The molecule has 0 atom stereocenters. The number of carbonyl (C=O) groups is 2. The Morgan fingerprint density at radius 2 is 1.77 bits per heavy atom. The molecule has 1 aromatic rings. The molecular formula is C15H18Cl2N2O3. The second kappa shape index (κ2) is 7.70. The number of halogens is 2. The van der Waals surface area contributed by atoms with Gasteiger partial charge in [-0.05, 0) is 18.6 Å². The Kier molecular flexibility index (Phi) is 5.91. The molecule has 1 aliphatic rings. The molecule has 0 unspecified atom stereocenters. The van der Waals surface area contributed by atoms with Crippen molar-refractivity contribution in [1.29, 1.82) is 0 Å². The zero-order valence-electron chi connectivity index (χ0n) is 12.1. The number of carboxylic acids is 1. The van der Waals surface area contributed by atoms with E-state index in [1.165, 1.54) is 0 Å². The molecule has 0 aromatic heterocycles. The summed E-state index contributed by atoms with van der Waals surface area (Å²) >= 11 is 12.2. The molecule has 1 heterocycles. The van der Waals surface area contributed by atoms with Crippen LogP contribution in [0.5, 0.6) is 0 Å². The van der Waals surface area contributed by atoms with E-state index < -0.39 is 5.97 Å². The summed E-state index contributed by atoms with van der Waals surface area (Å²) in [6.45, 7) is 2.58. The maximum absolute atomic E-state index is 12.0. The van der Waals surface area contributed by atoms with E-state index in [-0.39, 0.29) is 18.7 Å². The average Bonchev–Trinajstić information content (AvgIpc) is 2.50. The van der Waals surface area contributed by atoms with Crippen molar-refractivity contribution in [3.8, 4) is 0 Å². The maximum atomic E-state index is 12.0. The van der Waals surface area contributed by atoms with Crippen LogP contribution in [0.2, 0.25) is 10.0 Å². The molecule has 120 valence electrons. The monoisotopic (exact) mass is 344 g/mol. The van der Waals surface area contributed by atoms with Crippen molar-refractivity contribution in [2.75, 3.05) is 31.1 Å². The topological polar surface area (TPSA) is 60.9 Å². The Bertz CT molecular complexity index is 558. The molecule has 1 aliphatic heterocycles. The van der Waals surface area contributed by atoms with Crippen LogP contribution in [0, 0.1) is 0 Å². The van der Waals surface area contributed by atoms with Gasteiger partial charge in [0.05, 0.1) is 15.7 Å². The van der Waals surface area contributed by atoms with Gasteiger partial charge in [0.1, 0.15) is 0 Å². The molecule has 0 spiro atoms. The Morgan fingerprint density at radius 1 is 1.09 bits per heavy atom. The van der Waals surface area contributed by atoms with Crippen molar-refractivity contribution in [1.82, 2.24) is 4.90 Å². The lowest BCUT2D eigenvalue weighted by Gasteiger charge is -2.36. The predicted octanol–water partition coefficient (Wildman–Crippen LogP) is 2.90. The second-order valence-corrected chi connectivity index (χ2v) is 5.97. The normalized spacial score (nSPS) is 15.0. The number of benzene rings is 1. The molecule has 7 heteroatoms. The van der Waals surface area contributed by atoms with E-state index in [1.54, 1.807) is 11.0 Å². The van der Waals surface area contributed by atoms with Crippen LogP contribution in [0.15, 0.2) is 18.2 Å². The predicted molar refractivity (Wildman–Crippen MR) is 86.7 cm³/mol. The van der Waals surface area contributed by atoms with Crippen LogP contribution in [0.1, 0.15) is 19.3 Å². The first-order valence-corrected chi connectivity index (χ1v) is 7.93. The van der Waals surface area contributed by atoms with E-state index in [1.807, 2.05) is 12.1 Å². The van der Waals surface area contributed by atoms with Crippen LogP contribution in [-0.2, 0) is 9.59 Å². The fourth-order valence-electron chi connectivity index (χ4n) is 2.48. The number of carbonyl (C=O) groups excluding carboxylic acids is 1. The lowest BCUT2D eigenvalue weighted by atomic mass is 10.2. The number of amides is 1. The molecule has 0 bridgehead atoms. The van der Waals surface area contributed by atoms with Crippen LogP contribution in [0.25, 0.3) is 0 Å². The lowest BCUT2D eigenvalue weighted by molar-refractivity contribution is -0.137. The summed E-state index contributed by atoms with van der Waals surface area (Å²) in [5.41, 5.74) is 0.882. The van der Waals surface area contributed by atoms with Crippen molar-refractivity contribution in [3.63, 3.8) is 0 Å². The van der Waals surface area contributed by atoms with E-state index in [0.717, 1.165) is 5.69 Å². The van der Waals surface area contributed by atoms with Gasteiger partial charge in [-0.2, -0.15) is 0 Å². The molecule has 0 aliphatic carbocycles. The summed E-state index contributed by atoms with van der Waals surface area (Å²) in [6.07, 6.45) is 0.697. The van der Waals surface area contributed by atoms with Gasteiger partial charge in [-0.25, -0.2) is 0 Å². The molecule has 0 radical (unpaired) electrons. The van der Waals surface area contributed by atoms with Gasteiger partial charge in [0.2, 0.25) is 5.91 Å². The van der Waals surface area contributed by atoms with Crippen LogP contribution in [0.4, 0.5) is 5.69 Å². The van der Waals surface area contributed by atoms with Gasteiger partial charge in [-0.15, -0.1) is 0 Å². The van der Waals surface area contributed by atoms with Crippen molar-refractivity contribution >= 4 is 40.8 Å².